The number of hydrogen-bond donors (Lipinski definition) is 0. The molecule has 0 unspecified atom stereocenters. The second-order valence-corrected chi connectivity index (χ2v) is 9.95. The molecule has 3 aromatic carbocycles. The smallest absolute Gasteiger partial charge is 0.339 e. The number of benzene rings is 3. The molecule has 0 saturated heterocycles. The summed E-state index contributed by atoms with van der Waals surface area (Å²) in [6.45, 7) is 3.59. The maximum Gasteiger partial charge on any atom is 0.339 e. The third-order valence-electron chi connectivity index (χ3n) is 4.38. The van der Waals surface area contributed by atoms with Crippen LogP contribution in [0.3, 0.4) is 0 Å². The Morgan fingerprint density at radius 2 is 1.09 bits per heavy atom. The van der Waals surface area contributed by atoms with Crippen molar-refractivity contribution in [3.8, 4) is 11.5 Å². The minimum absolute atomic E-state index is 0.0540. The van der Waals surface area contributed by atoms with Crippen LogP contribution in [0.5, 0.6) is 11.5 Å². The Labute approximate surface area is 186 Å². The third kappa shape index (κ3) is 5.27. The Hall–Kier alpha value is -3.37. The average molecular weight is 477 g/mol. The summed E-state index contributed by atoms with van der Waals surface area (Å²) in [5, 5.41) is 0. The van der Waals surface area contributed by atoms with Gasteiger partial charge in [0.2, 0.25) is 0 Å². The van der Waals surface area contributed by atoms with Crippen molar-refractivity contribution in [3.63, 3.8) is 0 Å². The molecule has 168 valence electrons. The van der Waals surface area contributed by atoms with Crippen LogP contribution in [0.25, 0.3) is 0 Å². The predicted octanol–water partition coefficient (Wildman–Crippen LogP) is 3.63. The first-order valence-corrected chi connectivity index (χ1v) is 12.1. The van der Waals surface area contributed by atoms with Crippen molar-refractivity contribution >= 4 is 26.2 Å². The van der Waals surface area contributed by atoms with Gasteiger partial charge in [0.25, 0.3) is 0 Å². The fourth-order valence-electron chi connectivity index (χ4n) is 2.63. The molecule has 10 heteroatoms. The zero-order valence-electron chi connectivity index (χ0n) is 17.4. The second kappa shape index (κ2) is 9.01. The molecule has 3 rings (SSSR count). The SMILES string of the molecule is COC(=O)c1ccc(OS(=O)(=O)c2ccc(C)cc2)c(OS(=O)(=O)c2ccc(C)cc2)c1. The molecule has 0 amide bonds. The third-order valence-corrected chi connectivity index (χ3v) is 6.88. The zero-order valence-corrected chi connectivity index (χ0v) is 19.1. The number of methoxy groups -OCH3 is 1. The van der Waals surface area contributed by atoms with Gasteiger partial charge in [0, 0.05) is 6.07 Å². The van der Waals surface area contributed by atoms with Gasteiger partial charge in [-0.3, -0.25) is 0 Å². The topological polar surface area (TPSA) is 113 Å². The normalized spacial score (nSPS) is 11.6. The monoisotopic (exact) mass is 476 g/mol. The fourth-order valence-corrected chi connectivity index (χ4v) is 4.50. The first kappa shape index (κ1) is 23.3. The van der Waals surface area contributed by atoms with E-state index in [1.807, 2.05) is 0 Å². The predicted molar refractivity (Wildman–Crippen MR) is 116 cm³/mol. The largest absolute Gasteiger partial charge is 0.465 e. The van der Waals surface area contributed by atoms with Crippen LogP contribution in [-0.4, -0.2) is 29.9 Å². The molecule has 8 nitrogen and oxygen atoms in total. The quantitative estimate of drug-likeness (QED) is 0.375. The van der Waals surface area contributed by atoms with E-state index in [1.54, 1.807) is 38.1 Å². The van der Waals surface area contributed by atoms with E-state index in [0.717, 1.165) is 30.4 Å². The van der Waals surface area contributed by atoms with Gasteiger partial charge in [-0.05, 0) is 50.2 Å². The van der Waals surface area contributed by atoms with Crippen molar-refractivity contribution in [2.45, 2.75) is 23.6 Å². The van der Waals surface area contributed by atoms with Gasteiger partial charge in [-0.15, -0.1) is 0 Å². The van der Waals surface area contributed by atoms with E-state index >= 15 is 0 Å². The Morgan fingerprint density at radius 3 is 1.53 bits per heavy atom. The lowest BCUT2D eigenvalue weighted by Crippen LogP contribution is -2.14. The van der Waals surface area contributed by atoms with Crippen LogP contribution in [0.4, 0.5) is 0 Å². The molecule has 0 spiro atoms. The molecule has 0 aliphatic carbocycles. The molecular formula is C22H20O8S2. The van der Waals surface area contributed by atoms with Crippen LogP contribution >= 0.6 is 0 Å². The number of carbonyl (C=O) groups is 1. The average Bonchev–Trinajstić information content (AvgIpc) is 2.74. The molecule has 0 aliphatic heterocycles. The van der Waals surface area contributed by atoms with Crippen LogP contribution < -0.4 is 8.37 Å². The number of carbonyl (C=O) groups excluding carboxylic acids is 1. The summed E-state index contributed by atoms with van der Waals surface area (Å²) < 4.78 is 65.8. The number of esters is 1. The highest BCUT2D eigenvalue weighted by Gasteiger charge is 2.25. The van der Waals surface area contributed by atoms with Gasteiger partial charge in [0.05, 0.1) is 12.7 Å². The molecule has 0 N–H and O–H groups in total. The van der Waals surface area contributed by atoms with Crippen LogP contribution in [0, 0.1) is 13.8 Å². The summed E-state index contributed by atoms with van der Waals surface area (Å²) in [7, 11) is -7.51. The molecule has 0 saturated carbocycles. The summed E-state index contributed by atoms with van der Waals surface area (Å²) in [5.74, 6) is -1.66. The molecule has 0 bridgehead atoms. The van der Waals surface area contributed by atoms with E-state index in [1.165, 1.54) is 30.3 Å². The van der Waals surface area contributed by atoms with Gasteiger partial charge in [0.15, 0.2) is 11.5 Å². The highest BCUT2D eigenvalue weighted by molar-refractivity contribution is 7.87. The van der Waals surface area contributed by atoms with E-state index in [-0.39, 0.29) is 15.4 Å². The molecule has 0 aromatic heterocycles. The summed E-state index contributed by atoms with van der Waals surface area (Å²) in [5.41, 5.74) is 1.63. The van der Waals surface area contributed by atoms with Crippen LogP contribution in [-0.2, 0) is 25.0 Å². The van der Waals surface area contributed by atoms with E-state index in [9.17, 15) is 21.6 Å². The van der Waals surface area contributed by atoms with Gasteiger partial charge in [-0.1, -0.05) is 35.4 Å². The van der Waals surface area contributed by atoms with E-state index < -0.39 is 37.7 Å². The molecule has 0 radical (unpaired) electrons. The number of aryl methyl sites for hydroxylation is 2. The maximum absolute atomic E-state index is 12.7. The first-order valence-electron chi connectivity index (χ1n) is 9.26. The Kier molecular flexibility index (Phi) is 6.56. The maximum atomic E-state index is 12.7. The number of rotatable bonds is 7. The van der Waals surface area contributed by atoms with E-state index in [0.29, 0.717) is 0 Å². The first-order chi connectivity index (χ1) is 15.0. The van der Waals surface area contributed by atoms with Gasteiger partial charge < -0.3 is 13.1 Å². The lowest BCUT2D eigenvalue weighted by Gasteiger charge is -2.14. The summed E-state index contributed by atoms with van der Waals surface area (Å²) in [4.78, 5) is 11.6. The highest BCUT2D eigenvalue weighted by atomic mass is 32.2. The van der Waals surface area contributed by atoms with Gasteiger partial charge in [-0.2, -0.15) is 16.8 Å². The van der Waals surface area contributed by atoms with Crippen molar-refractivity contribution in [3.05, 3.63) is 83.4 Å². The molecule has 0 heterocycles. The summed E-state index contributed by atoms with van der Waals surface area (Å²) in [6, 6.07) is 15.2. The van der Waals surface area contributed by atoms with Gasteiger partial charge in [0.1, 0.15) is 9.79 Å². The van der Waals surface area contributed by atoms with Crippen LogP contribution in [0.15, 0.2) is 76.5 Å². The van der Waals surface area contributed by atoms with Crippen molar-refractivity contribution in [1.29, 1.82) is 0 Å². The lowest BCUT2D eigenvalue weighted by molar-refractivity contribution is 0.0600. The standard InChI is InChI=1S/C22H20O8S2/c1-15-4-9-18(10-5-15)31(24,25)29-20-13-8-17(22(23)28-3)14-21(20)30-32(26,27)19-11-6-16(2)7-12-19/h4-14H,1-3H3. The molecule has 32 heavy (non-hydrogen) atoms. The summed E-state index contributed by atoms with van der Waals surface area (Å²) in [6.07, 6.45) is 0. The van der Waals surface area contributed by atoms with E-state index in [4.69, 9.17) is 8.37 Å². The minimum Gasteiger partial charge on any atom is -0.465 e. The molecule has 0 fully saturated rings. The zero-order chi connectivity index (χ0) is 23.5. The minimum atomic E-state index is -4.35. The second-order valence-electron chi connectivity index (χ2n) is 6.85. The van der Waals surface area contributed by atoms with Gasteiger partial charge >= 0.3 is 26.2 Å². The van der Waals surface area contributed by atoms with Crippen molar-refractivity contribution in [1.82, 2.24) is 0 Å². The van der Waals surface area contributed by atoms with E-state index in [2.05, 4.69) is 4.74 Å². The molecule has 0 atom stereocenters. The van der Waals surface area contributed by atoms with Crippen molar-refractivity contribution < 1.29 is 34.7 Å². The highest BCUT2D eigenvalue weighted by Crippen LogP contribution is 2.33. The molecule has 0 aliphatic rings. The Bertz CT molecular complexity index is 1340. The van der Waals surface area contributed by atoms with Crippen LogP contribution in [0.1, 0.15) is 21.5 Å². The van der Waals surface area contributed by atoms with Gasteiger partial charge in [-0.25, -0.2) is 4.79 Å². The molecular weight excluding hydrogens is 456 g/mol. The van der Waals surface area contributed by atoms with Crippen LogP contribution in [0.2, 0.25) is 0 Å². The summed E-state index contributed by atoms with van der Waals surface area (Å²) >= 11 is 0. The molecule has 3 aromatic rings. The number of ether oxygens (including phenoxy) is 1. The number of hydrogen-bond acceptors (Lipinski definition) is 8. The Balaban J connectivity index is 2.03. The lowest BCUT2D eigenvalue weighted by atomic mass is 10.2. The van der Waals surface area contributed by atoms with Crippen molar-refractivity contribution in [2.24, 2.45) is 0 Å². The Morgan fingerprint density at radius 1 is 0.656 bits per heavy atom. The fraction of sp³-hybridized carbons (Fsp3) is 0.136. The van der Waals surface area contributed by atoms with Crippen molar-refractivity contribution in [2.75, 3.05) is 7.11 Å².